The second kappa shape index (κ2) is 5.60. The van der Waals surface area contributed by atoms with Crippen molar-refractivity contribution in [1.29, 1.82) is 0 Å². The normalized spacial score (nSPS) is 13.8. The molecule has 2 aromatic rings. The summed E-state index contributed by atoms with van der Waals surface area (Å²) in [6.07, 6.45) is 0.0657. The zero-order valence-corrected chi connectivity index (χ0v) is 12.1. The number of nitrogens with two attached hydrogens (primary N) is 1. The van der Waals surface area contributed by atoms with E-state index in [1.54, 1.807) is 7.11 Å². The van der Waals surface area contributed by atoms with Gasteiger partial charge in [-0.25, -0.2) is 4.98 Å². The number of thiazole rings is 1. The molecule has 0 radical (unpaired) electrons. The number of rotatable bonds is 5. The van der Waals surface area contributed by atoms with Crippen molar-refractivity contribution in [2.45, 2.75) is 18.9 Å². The summed E-state index contributed by atoms with van der Waals surface area (Å²) in [6, 6.07) is 9.59. The number of nitrogens with zero attached hydrogens (tertiary/aromatic N) is 1. The van der Waals surface area contributed by atoms with Gasteiger partial charge in [-0.1, -0.05) is 41.7 Å². The molecule has 20 heavy (non-hydrogen) atoms. The van der Waals surface area contributed by atoms with Gasteiger partial charge in [0.05, 0.1) is 7.11 Å². The average Bonchev–Trinajstić information content (AvgIpc) is 2.82. The van der Waals surface area contributed by atoms with E-state index in [0.29, 0.717) is 15.8 Å². The summed E-state index contributed by atoms with van der Waals surface area (Å²) < 4.78 is 5.31. The molecule has 0 spiro atoms. The highest BCUT2D eigenvalue weighted by Gasteiger charge is 2.30. The molecular weight excluding hydrogens is 276 g/mol. The number of amides is 1. The molecule has 1 heterocycles. The van der Waals surface area contributed by atoms with Crippen LogP contribution >= 0.6 is 11.3 Å². The highest BCUT2D eigenvalue weighted by molar-refractivity contribution is 7.14. The lowest BCUT2D eigenvalue weighted by Crippen LogP contribution is -2.42. The van der Waals surface area contributed by atoms with Gasteiger partial charge in [-0.3, -0.25) is 4.79 Å². The largest absolute Gasteiger partial charge is 0.486 e. The van der Waals surface area contributed by atoms with Gasteiger partial charge in [0, 0.05) is 12.0 Å². The maximum Gasteiger partial charge on any atom is 0.249 e. The second-order valence-corrected chi connectivity index (χ2v) is 5.67. The van der Waals surface area contributed by atoms with E-state index in [1.165, 1.54) is 18.3 Å². The van der Waals surface area contributed by atoms with Crippen LogP contribution in [0.3, 0.4) is 0 Å². The number of methoxy groups -OCH3 is 1. The van der Waals surface area contributed by atoms with Crippen LogP contribution in [0.1, 0.15) is 11.9 Å². The Hall–Kier alpha value is -1.92. The minimum absolute atomic E-state index is 0.0657. The van der Waals surface area contributed by atoms with Gasteiger partial charge >= 0.3 is 0 Å². The SMILES string of the molecule is COc1sc(CC(C)(O)C(N)=O)nc1-c1ccccc1. The highest BCUT2D eigenvalue weighted by atomic mass is 32.1. The number of aromatic nitrogens is 1. The number of hydrogen-bond acceptors (Lipinski definition) is 5. The molecule has 6 heteroatoms. The van der Waals surface area contributed by atoms with Crippen molar-refractivity contribution in [3.8, 4) is 16.3 Å². The van der Waals surface area contributed by atoms with Crippen molar-refractivity contribution in [3.05, 3.63) is 35.3 Å². The van der Waals surface area contributed by atoms with E-state index in [1.807, 2.05) is 30.3 Å². The Kier molecular flexibility index (Phi) is 4.06. The van der Waals surface area contributed by atoms with E-state index >= 15 is 0 Å². The smallest absolute Gasteiger partial charge is 0.249 e. The lowest BCUT2D eigenvalue weighted by atomic mass is 10.0. The summed E-state index contributed by atoms with van der Waals surface area (Å²) >= 11 is 1.30. The Morgan fingerprint density at radius 3 is 2.65 bits per heavy atom. The Balaban J connectivity index is 2.35. The zero-order valence-electron chi connectivity index (χ0n) is 11.3. The van der Waals surface area contributed by atoms with Gasteiger partial charge in [-0.05, 0) is 6.92 Å². The van der Waals surface area contributed by atoms with Gasteiger partial charge in [0.25, 0.3) is 0 Å². The van der Waals surface area contributed by atoms with Crippen molar-refractivity contribution in [2.75, 3.05) is 7.11 Å². The van der Waals surface area contributed by atoms with Crippen LogP contribution in [-0.4, -0.2) is 28.7 Å². The highest BCUT2D eigenvalue weighted by Crippen LogP contribution is 2.36. The van der Waals surface area contributed by atoms with Crippen molar-refractivity contribution >= 4 is 17.2 Å². The van der Waals surface area contributed by atoms with Gasteiger partial charge in [-0.15, -0.1) is 0 Å². The quantitative estimate of drug-likeness (QED) is 0.876. The number of primary amides is 1. The van der Waals surface area contributed by atoms with Crippen LogP contribution in [0.25, 0.3) is 11.3 Å². The Morgan fingerprint density at radius 2 is 2.10 bits per heavy atom. The molecule has 0 saturated heterocycles. The van der Waals surface area contributed by atoms with Crippen molar-refractivity contribution in [2.24, 2.45) is 5.73 Å². The number of carbonyl (C=O) groups is 1. The third-order valence-electron chi connectivity index (χ3n) is 2.90. The fourth-order valence-corrected chi connectivity index (χ4v) is 2.77. The molecule has 1 amide bonds. The molecule has 1 aromatic heterocycles. The van der Waals surface area contributed by atoms with E-state index in [9.17, 15) is 9.90 Å². The molecule has 0 aliphatic heterocycles. The number of ether oxygens (including phenoxy) is 1. The van der Waals surface area contributed by atoms with Crippen LogP contribution in [0.15, 0.2) is 30.3 Å². The molecule has 5 nitrogen and oxygen atoms in total. The first-order chi connectivity index (χ1) is 9.44. The van der Waals surface area contributed by atoms with Gasteiger partial charge in [-0.2, -0.15) is 0 Å². The van der Waals surface area contributed by atoms with Crippen molar-refractivity contribution < 1.29 is 14.6 Å². The molecule has 1 unspecified atom stereocenters. The fourth-order valence-electron chi connectivity index (χ4n) is 1.72. The summed E-state index contributed by atoms with van der Waals surface area (Å²) in [5.74, 6) is -0.770. The summed E-state index contributed by atoms with van der Waals surface area (Å²) in [5, 5.41) is 11.2. The predicted octanol–water partition coefficient (Wildman–Crippen LogP) is 1.60. The lowest BCUT2D eigenvalue weighted by molar-refractivity contribution is -0.134. The third-order valence-corrected chi connectivity index (χ3v) is 3.92. The van der Waals surface area contributed by atoms with Gasteiger partial charge in [0.15, 0.2) is 0 Å². The van der Waals surface area contributed by atoms with Crippen molar-refractivity contribution in [1.82, 2.24) is 4.98 Å². The molecule has 106 valence electrons. The first kappa shape index (κ1) is 14.5. The average molecular weight is 292 g/mol. The van der Waals surface area contributed by atoms with E-state index < -0.39 is 11.5 Å². The predicted molar refractivity (Wildman–Crippen MR) is 77.6 cm³/mol. The summed E-state index contributed by atoms with van der Waals surface area (Å²) in [5.41, 5.74) is 5.17. The van der Waals surface area contributed by atoms with E-state index in [4.69, 9.17) is 10.5 Å². The molecule has 3 N–H and O–H groups in total. The number of hydrogen-bond donors (Lipinski definition) is 2. The summed E-state index contributed by atoms with van der Waals surface area (Å²) in [7, 11) is 1.57. The van der Waals surface area contributed by atoms with Crippen LogP contribution < -0.4 is 10.5 Å². The topological polar surface area (TPSA) is 85.4 Å². The van der Waals surface area contributed by atoms with E-state index in [0.717, 1.165) is 5.56 Å². The minimum Gasteiger partial charge on any atom is -0.486 e. The maximum absolute atomic E-state index is 11.2. The number of aliphatic hydroxyl groups is 1. The zero-order chi connectivity index (χ0) is 14.8. The standard InChI is InChI=1S/C14H16N2O3S/c1-14(18,13(15)17)8-10-16-11(12(19-2)20-10)9-6-4-3-5-7-9/h3-7,18H,8H2,1-2H3,(H2,15,17). The van der Waals surface area contributed by atoms with Gasteiger partial charge < -0.3 is 15.6 Å². The summed E-state index contributed by atoms with van der Waals surface area (Å²) in [6.45, 7) is 1.38. The van der Waals surface area contributed by atoms with Gasteiger partial charge in [0.1, 0.15) is 16.3 Å². The summed E-state index contributed by atoms with van der Waals surface area (Å²) in [4.78, 5) is 15.6. The van der Waals surface area contributed by atoms with Crippen LogP contribution in [0.2, 0.25) is 0 Å². The molecule has 0 saturated carbocycles. The third kappa shape index (κ3) is 2.97. The monoisotopic (exact) mass is 292 g/mol. The van der Waals surface area contributed by atoms with Crippen LogP contribution in [0.5, 0.6) is 5.06 Å². The van der Waals surface area contributed by atoms with Crippen LogP contribution in [0.4, 0.5) is 0 Å². The number of carbonyl (C=O) groups excluding carboxylic acids is 1. The lowest BCUT2D eigenvalue weighted by Gasteiger charge is -2.16. The van der Waals surface area contributed by atoms with Gasteiger partial charge in [0.2, 0.25) is 11.0 Å². The van der Waals surface area contributed by atoms with E-state index in [2.05, 4.69) is 4.98 Å². The molecular formula is C14H16N2O3S. The van der Waals surface area contributed by atoms with Crippen LogP contribution in [0, 0.1) is 0 Å². The Morgan fingerprint density at radius 1 is 1.45 bits per heavy atom. The second-order valence-electron chi connectivity index (χ2n) is 4.63. The van der Waals surface area contributed by atoms with E-state index in [-0.39, 0.29) is 6.42 Å². The van der Waals surface area contributed by atoms with Crippen LogP contribution in [-0.2, 0) is 11.2 Å². The molecule has 1 atom stereocenters. The molecule has 0 aliphatic rings. The Bertz CT molecular complexity index is 608. The number of benzene rings is 1. The molecule has 0 bridgehead atoms. The fraction of sp³-hybridized carbons (Fsp3) is 0.286. The van der Waals surface area contributed by atoms with Crippen molar-refractivity contribution in [3.63, 3.8) is 0 Å². The maximum atomic E-state index is 11.2. The molecule has 1 aromatic carbocycles. The molecule has 0 aliphatic carbocycles. The Labute approximate surface area is 121 Å². The molecule has 0 fully saturated rings. The first-order valence-corrected chi connectivity index (χ1v) is 6.87. The molecule has 2 rings (SSSR count). The minimum atomic E-state index is -1.61. The first-order valence-electron chi connectivity index (χ1n) is 6.05.